The van der Waals surface area contributed by atoms with E-state index in [0.717, 1.165) is 0 Å². The second-order valence-corrected chi connectivity index (χ2v) is 7.79. The Kier molecular flexibility index (Phi) is 6.03. The molecule has 0 aromatic heterocycles. The predicted molar refractivity (Wildman–Crippen MR) is 105 cm³/mol. The maximum Gasteiger partial charge on any atom is 0.229 e. The van der Waals surface area contributed by atoms with Crippen LogP contribution in [0, 0.1) is 0 Å². The minimum atomic E-state index is -1.64. The Labute approximate surface area is 181 Å². The summed E-state index contributed by atoms with van der Waals surface area (Å²) >= 11 is 0. The molecular formula is C21H24O11. The Hall–Kier alpha value is -2.80. The lowest BCUT2D eigenvalue weighted by atomic mass is 9.94. The van der Waals surface area contributed by atoms with Gasteiger partial charge in [-0.05, 0) is 17.7 Å². The summed E-state index contributed by atoms with van der Waals surface area (Å²) in [6.45, 7) is -0.623. The molecule has 0 spiro atoms. The molecule has 11 nitrogen and oxygen atoms in total. The van der Waals surface area contributed by atoms with Gasteiger partial charge in [0.25, 0.3) is 0 Å². The van der Waals surface area contributed by atoms with Gasteiger partial charge >= 0.3 is 0 Å². The first-order valence-corrected chi connectivity index (χ1v) is 9.89. The van der Waals surface area contributed by atoms with E-state index in [1.54, 1.807) is 0 Å². The highest BCUT2D eigenvalue weighted by Crippen LogP contribution is 2.43. The van der Waals surface area contributed by atoms with Gasteiger partial charge in [-0.15, -0.1) is 0 Å². The quantitative estimate of drug-likeness (QED) is 0.266. The van der Waals surface area contributed by atoms with E-state index in [4.69, 9.17) is 14.2 Å². The molecule has 2 heterocycles. The van der Waals surface area contributed by atoms with E-state index in [-0.39, 0.29) is 35.2 Å². The molecule has 0 bridgehead atoms. The van der Waals surface area contributed by atoms with Gasteiger partial charge in [-0.3, -0.25) is 0 Å². The van der Waals surface area contributed by atoms with Crippen LogP contribution >= 0.6 is 0 Å². The third-order valence-corrected chi connectivity index (χ3v) is 5.60. The molecular weight excluding hydrogens is 428 g/mol. The molecule has 2 aromatic rings. The van der Waals surface area contributed by atoms with Crippen molar-refractivity contribution in [3.05, 3.63) is 41.5 Å². The SMILES string of the molecule is OCC1O[C@@H](Oc2cc(O)c3c(c2)O[C@H](c2ccc(O)c(O)c2)[C@@H](O)C3)C(O)[C@@H](O)[C@@H]1O. The van der Waals surface area contributed by atoms with Crippen molar-refractivity contribution in [3.8, 4) is 28.7 Å². The Balaban J connectivity index is 1.59. The molecule has 1 saturated heterocycles. The van der Waals surface area contributed by atoms with Crippen molar-refractivity contribution in [2.45, 2.75) is 49.3 Å². The third kappa shape index (κ3) is 4.01. The fourth-order valence-electron chi connectivity index (χ4n) is 3.82. The molecule has 4 rings (SSSR count). The van der Waals surface area contributed by atoms with Crippen molar-refractivity contribution < 1.29 is 55.1 Å². The minimum absolute atomic E-state index is 0.00530. The summed E-state index contributed by atoms with van der Waals surface area (Å²) in [6, 6.07) is 6.58. The maximum atomic E-state index is 10.5. The van der Waals surface area contributed by atoms with Gasteiger partial charge in [-0.1, -0.05) is 6.07 Å². The zero-order valence-corrected chi connectivity index (χ0v) is 16.6. The largest absolute Gasteiger partial charge is 0.507 e. The Morgan fingerprint density at radius 3 is 2.31 bits per heavy atom. The Bertz CT molecular complexity index is 978. The lowest BCUT2D eigenvalue weighted by Crippen LogP contribution is -2.60. The number of rotatable bonds is 4. The monoisotopic (exact) mass is 452 g/mol. The van der Waals surface area contributed by atoms with Gasteiger partial charge in [0.2, 0.25) is 6.29 Å². The highest BCUT2D eigenvalue weighted by molar-refractivity contribution is 5.52. The smallest absolute Gasteiger partial charge is 0.229 e. The number of fused-ring (bicyclic) bond motifs is 1. The molecule has 7 atom stereocenters. The average Bonchev–Trinajstić information content (AvgIpc) is 2.76. The summed E-state index contributed by atoms with van der Waals surface area (Å²) in [4.78, 5) is 0. The fourth-order valence-corrected chi connectivity index (χ4v) is 3.82. The second kappa shape index (κ2) is 8.62. The fraction of sp³-hybridized carbons (Fsp3) is 0.429. The number of hydrogen-bond acceptors (Lipinski definition) is 11. The van der Waals surface area contributed by atoms with Gasteiger partial charge in [0, 0.05) is 24.1 Å². The number of ether oxygens (including phenoxy) is 3. The van der Waals surface area contributed by atoms with Gasteiger partial charge < -0.3 is 55.1 Å². The normalized spacial score (nSPS) is 32.1. The van der Waals surface area contributed by atoms with E-state index in [1.165, 1.54) is 30.3 Å². The van der Waals surface area contributed by atoms with Crippen LogP contribution < -0.4 is 9.47 Å². The first kappa shape index (κ1) is 22.4. The van der Waals surface area contributed by atoms with Crippen LogP contribution in [0.1, 0.15) is 17.2 Å². The maximum absolute atomic E-state index is 10.5. The summed E-state index contributed by atoms with van der Waals surface area (Å²) in [6.07, 6.45) is -9.39. The van der Waals surface area contributed by atoms with Crippen LogP contribution in [0.5, 0.6) is 28.7 Å². The van der Waals surface area contributed by atoms with E-state index in [9.17, 15) is 40.9 Å². The summed E-state index contributed by atoms with van der Waals surface area (Å²) in [5.41, 5.74) is 0.691. The van der Waals surface area contributed by atoms with Crippen LogP contribution in [-0.4, -0.2) is 84.3 Å². The molecule has 32 heavy (non-hydrogen) atoms. The molecule has 0 amide bonds. The first-order chi connectivity index (χ1) is 15.2. The molecule has 0 radical (unpaired) electrons. The lowest BCUT2D eigenvalue weighted by Gasteiger charge is -2.39. The highest BCUT2D eigenvalue weighted by Gasteiger charge is 2.45. The summed E-state index contributed by atoms with van der Waals surface area (Å²) < 4.78 is 16.7. The average molecular weight is 452 g/mol. The van der Waals surface area contributed by atoms with Gasteiger partial charge in [-0.2, -0.15) is 0 Å². The van der Waals surface area contributed by atoms with Crippen molar-refractivity contribution in [2.24, 2.45) is 0 Å². The van der Waals surface area contributed by atoms with Crippen molar-refractivity contribution in [1.29, 1.82) is 0 Å². The summed E-state index contributed by atoms with van der Waals surface area (Å²) in [7, 11) is 0. The van der Waals surface area contributed by atoms with Crippen LogP contribution in [0.3, 0.4) is 0 Å². The predicted octanol–water partition coefficient (Wildman–Crippen LogP) is -0.981. The Morgan fingerprint density at radius 2 is 1.62 bits per heavy atom. The highest BCUT2D eigenvalue weighted by atomic mass is 16.7. The number of hydrogen-bond donors (Lipinski definition) is 8. The molecule has 174 valence electrons. The third-order valence-electron chi connectivity index (χ3n) is 5.60. The lowest BCUT2D eigenvalue weighted by molar-refractivity contribution is -0.277. The molecule has 8 N–H and O–H groups in total. The van der Waals surface area contributed by atoms with E-state index in [1.807, 2.05) is 0 Å². The van der Waals surface area contributed by atoms with E-state index < -0.39 is 49.5 Å². The molecule has 0 saturated carbocycles. The first-order valence-electron chi connectivity index (χ1n) is 9.89. The Morgan fingerprint density at radius 1 is 0.875 bits per heavy atom. The van der Waals surface area contributed by atoms with E-state index >= 15 is 0 Å². The van der Waals surface area contributed by atoms with E-state index in [2.05, 4.69) is 0 Å². The van der Waals surface area contributed by atoms with Crippen LogP contribution in [-0.2, 0) is 11.2 Å². The molecule has 2 aromatic carbocycles. The molecule has 0 aliphatic carbocycles. The molecule has 1 fully saturated rings. The van der Waals surface area contributed by atoms with Crippen molar-refractivity contribution in [2.75, 3.05) is 6.61 Å². The van der Waals surface area contributed by atoms with Crippen molar-refractivity contribution in [3.63, 3.8) is 0 Å². The van der Waals surface area contributed by atoms with Gasteiger partial charge in [-0.25, -0.2) is 0 Å². The van der Waals surface area contributed by atoms with E-state index in [0.29, 0.717) is 11.1 Å². The number of benzene rings is 2. The van der Waals surface area contributed by atoms with Crippen LogP contribution in [0.4, 0.5) is 0 Å². The van der Waals surface area contributed by atoms with Crippen LogP contribution in [0.25, 0.3) is 0 Å². The summed E-state index contributed by atoms with van der Waals surface area (Å²) in [5, 5.41) is 79.4. The van der Waals surface area contributed by atoms with Gasteiger partial charge in [0.05, 0.1) is 12.7 Å². The molecule has 2 aliphatic heterocycles. The number of aliphatic hydroxyl groups is 5. The molecule has 2 aliphatic rings. The van der Waals surface area contributed by atoms with Crippen LogP contribution in [0.2, 0.25) is 0 Å². The van der Waals surface area contributed by atoms with Crippen molar-refractivity contribution in [1.82, 2.24) is 0 Å². The number of aromatic hydroxyl groups is 3. The number of aliphatic hydroxyl groups excluding tert-OH is 5. The zero-order chi connectivity index (χ0) is 23.2. The standard InChI is InChI=1S/C21H24O11/c22-7-16-17(27)18(28)19(29)21(32-16)30-9-4-12(24)10-6-14(26)20(31-15(10)5-9)8-1-2-11(23)13(25)3-8/h1-5,14,16-29H,6-7H2/t14-,16?,17+,18-,19?,20+,21+/m0/s1. The summed E-state index contributed by atoms with van der Waals surface area (Å²) in [5.74, 6) is -0.811. The van der Waals surface area contributed by atoms with Crippen LogP contribution in [0.15, 0.2) is 30.3 Å². The van der Waals surface area contributed by atoms with Gasteiger partial charge in [0.15, 0.2) is 11.5 Å². The minimum Gasteiger partial charge on any atom is -0.507 e. The second-order valence-electron chi connectivity index (χ2n) is 7.79. The molecule has 11 heteroatoms. The zero-order valence-electron chi connectivity index (χ0n) is 16.6. The molecule has 2 unspecified atom stereocenters. The topological polar surface area (TPSA) is 190 Å². The number of phenols is 3. The number of phenolic OH excluding ortho intramolecular Hbond substituents is 3. The van der Waals surface area contributed by atoms with Crippen molar-refractivity contribution >= 4 is 0 Å². The van der Waals surface area contributed by atoms with Gasteiger partial charge in [0.1, 0.15) is 47.8 Å².